The molecule has 0 saturated heterocycles. The van der Waals surface area contributed by atoms with E-state index in [2.05, 4.69) is 9.97 Å². The minimum absolute atomic E-state index is 0.0400. The van der Waals surface area contributed by atoms with Gasteiger partial charge in [0.15, 0.2) is 0 Å². The van der Waals surface area contributed by atoms with E-state index < -0.39 is 11.8 Å². The van der Waals surface area contributed by atoms with Crippen LogP contribution in [0.3, 0.4) is 0 Å². The van der Waals surface area contributed by atoms with Crippen LogP contribution in [0.15, 0.2) is 48.7 Å². The van der Waals surface area contributed by atoms with Gasteiger partial charge in [0.2, 0.25) is 0 Å². The van der Waals surface area contributed by atoms with Gasteiger partial charge in [0.1, 0.15) is 17.1 Å². The first kappa shape index (κ1) is 13.0. The number of ether oxygens (including phenoxy) is 1. The molecule has 0 fully saturated rings. The molecule has 1 aromatic heterocycles. The highest BCUT2D eigenvalue weighted by molar-refractivity contribution is 5.91. The number of aromatic carboxylic acids is 1. The van der Waals surface area contributed by atoms with Crippen molar-refractivity contribution in [3.05, 3.63) is 60.0 Å². The van der Waals surface area contributed by atoms with Gasteiger partial charge in [0.05, 0.1) is 5.52 Å². The number of rotatable bonds is 3. The van der Waals surface area contributed by atoms with E-state index in [0.29, 0.717) is 5.52 Å². The lowest BCUT2D eigenvalue weighted by Gasteiger charge is -2.07. The Labute approximate surface area is 118 Å². The number of halogens is 1. The Bertz CT molecular complexity index is 836. The standard InChI is InChI=1S/C15H9FN2O3/c16-10-5-6-11(14(19)20)13(7-10)21-15-17-8-9-3-1-2-4-12(9)18-15/h1-8H,(H,19,20). The Hall–Kier alpha value is -3.02. The van der Waals surface area contributed by atoms with Crippen LogP contribution < -0.4 is 4.74 Å². The van der Waals surface area contributed by atoms with E-state index in [4.69, 9.17) is 9.84 Å². The maximum atomic E-state index is 13.3. The van der Waals surface area contributed by atoms with Gasteiger partial charge in [-0.25, -0.2) is 14.2 Å². The predicted molar refractivity (Wildman–Crippen MR) is 73.0 cm³/mol. The number of para-hydroxylation sites is 1. The summed E-state index contributed by atoms with van der Waals surface area (Å²) in [6.45, 7) is 0. The number of aromatic nitrogens is 2. The van der Waals surface area contributed by atoms with Gasteiger partial charge in [-0.2, -0.15) is 4.98 Å². The van der Waals surface area contributed by atoms with Crippen molar-refractivity contribution in [1.82, 2.24) is 9.97 Å². The minimum Gasteiger partial charge on any atom is -0.478 e. The number of benzene rings is 2. The summed E-state index contributed by atoms with van der Waals surface area (Å²) in [5.41, 5.74) is 0.490. The largest absolute Gasteiger partial charge is 0.478 e. The zero-order valence-electron chi connectivity index (χ0n) is 10.7. The Morgan fingerprint density at radius 1 is 1.19 bits per heavy atom. The topological polar surface area (TPSA) is 72.3 Å². The number of nitrogens with zero attached hydrogens (tertiary/aromatic N) is 2. The Morgan fingerprint density at radius 2 is 2.00 bits per heavy atom. The molecule has 0 atom stereocenters. The van der Waals surface area contributed by atoms with Gasteiger partial charge in [-0.1, -0.05) is 18.2 Å². The highest BCUT2D eigenvalue weighted by Gasteiger charge is 2.14. The summed E-state index contributed by atoms with van der Waals surface area (Å²) >= 11 is 0. The summed E-state index contributed by atoms with van der Waals surface area (Å²) in [5, 5.41) is 9.88. The first-order chi connectivity index (χ1) is 10.1. The fourth-order valence-corrected chi connectivity index (χ4v) is 1.86. The van der Waals surface area contributed by atoms with Crippen molar-refractivity contribution >= 4 is 16.9 Å². The van der Waals surface area contributed by atoms with Crippen molar-refractivity contribution in [3.63, 3.8) is 0 Å². The molecular formula is C15H9FN2O3. The monoisotopic (exact) mass is 284 g/mol. The summed E-state index contributed by atoms with van der Waals surface area (Å²) in [7, 11) is 0. The molecule has 0 aliphatic rings. The molecule has 5 nitrogen and oxygen atoms in total. The smallest absolute Gasteiger partial charge is 0.339 e. The molecule has 1 N–H and O–H groups in total. The highest BCUT2D eigenvalue weighted by atomic mass is 19.1. The van der Waals surface area contributed by atoms with Crippen LogP contribution in [0.1, 0.15) is 10.4 Å². The number of hydrogen-bond donors (Lipinski definition) is 1. The van der Waals surface area contributed by atoms with E-state index in [1.54, 1.807) is 12.3 Å². The number of carboxylic acid groups (broad SMARTS) is 1. The van der Waals surface area contributed by atoms with E-state index >= 15 is 0 Å². The summed E-state index contributed by atoms with van der Waals surface area (Å²) < 4.78 is 18.6. The van der Waals surface area contributed by atoms with E-state index in [1.807, 2.05) is 18.2 Å². The molecule has 3 rings (SSSR count). The average Bonchev–Trinajstić information content (AvgIpc) is 2.47. The normalized spacial score (nSPS) is 10.5. The summed E-state index contributed by atoms with van der Waals surface area (Å²) in [6.07, 6.45) is 1.55. The van der Waals surface area contributed by atoms with Crippen molar-refractivity contribution < 1.29 is 19.0 Å². The molecule has 104 valence electrons. The molecule has 1 heterocycles. The van der Waals surface area contributed by atoms with Crippen molar-refractivity contribution in [2.75, 3.05) is 0 Å². The Morgan fingerprint density at radius 3 is 2.81 bits per heavy atom. The van der Waals surface area contributed by atoms with Gasteiger partial charge in [-0.3, -0.25) is 0 Å². The molecule has 0 amide bonds. The summed E-state index contributed by atoms with van der Waals surface area (Å²) in [6, 6.07) is 10.4. The van der Waals surface area contributed by atoms with Crippen LogP contribution in [0, 0.1) is 5.82 Å². The first-order valence-electron chi connectivity index (χ1n) is 6.06. The van der Waals surface area contributed by atoms with Crippen molar-refractivity contribution in [2.24, 2.45) is 0 Å². The molecule has 2 aromatic carbocycles. The molecule has 0 unspecified atom stereocenters. The van der Waals surface area contributed by atoms with Crippen LogP contribution in [-0.4, -0.2) is 21.0 Å². The van der Waals surface area contributed by atoms with Crippen LogP contribution >= 0.6 is 0 Å². The van der Waals surface area contributed by atoms with Crippen LogP contribution in [-0.2, 0) is 0 Å². The van der Waals surface area contributed by atoms with E-state index in [0.717, 1.165) is 23.6 Å². The second-order valence-electron chi connectivity index (χ2n) is 4.26. The van der Waals surface area contributed by atoms with Gasteiger partial charge < -0.3 is 9.84 Å². The number of carbonyl (C=O) groups is 1. The third kappa shape index (κ3) is 2.64. The van der Waals surface area contributed by atoms with Crippen molar-refractivity contribution in [2.45, 2.75) is 0 Å². The molecule has 0 radical (unpaired) electrons. The van der Waals surface area contributed by atoms with Gasteiger partial charge in [0, 0.05) is 17.6 Å². The van der Waals surface area contributed by atoms with Crippen LogP contribution in [0.25, 0.3) is 10.9 Å². The zero-order valence-corrected chi connectivity index (χ0v) is 10.7. The molecule has 21 heavy (non-hydrogen) atoms. The fourth-order valence-electron chi connectivity index (χ4n) is 1.86. The molecule has 0 aliphatic carbocycles. The highest BCUT2D eigenvalue weighted by Crippen LogP contribution is 2.25. The van der Waals surface area contributed by atoms with Crippen LogP contribution in [0.4, 0.5) is 4.39 Å². The maximum absolute atomic E-state index is 13.3. The maximum Gasteiger partial charge on any atom is 0.339 e. The van der Waals surface area contributed by atoms with Crippen molar-refractivity contribution in [3.8, 4) is 11.8 Å². The minimum atomic E-state index is -1.22. The fraction of sp³-hybridized carbons (Fsp3) is 0. The van der Waals surface area contributed by atoms with E-state index in [1.165, 1.54) is 0 Å². The van der Waals surface area contributed by atoms with Gasteiger partial charge in [-0.15, -0.1) is 0 Å². The van der Waals surface area contributed by atoms with Gasteiger partial charge in [-0.05, 0) is 18.2 Å². The molecule has 3 aromatic rings. The first-order valence-corrected chi connectivity index (χ1v) is 6.06. The molecule has 0 aliphatic heterocycles. The van der Waals surface area contributed by atoms with Crippen molar-refractivity contribution in [1.29, 1.82) is 0 Å². The second kappa shape index (κ2) is 5.16. The SMILES string of the molecule is O=C(O)c1ccc(F)cc1Oc1ncc2ccccc2n1. The van der Waals surface area contributed by atoms with Gasteiger partial charge in [0.25, 0.3) is 0 Å². The Balaban J connectivity index is 2.02. The molecule has 0 bridgehead atoms. The lowest BCUT2D eigenvalue weighted by atomic mass is 10.2. The van der Waals surface area contributed by atoms with Crippen LogP contribution in [0.2, 0.25) is 0 Å². The lowest BCUT2D eigenvalue weighted by molar-refractivity contribution is 0.0694. The van der Waals surface area contributed by atoms with Crippen LogP contribution in [0.5, 0.6) is 11.8 Å². The van der Waals surface area contributed by atoms with E-state index in [9.17, 15) is 9.18 Å². The van der Waals surface area contributed by atoms with E-state index in [-0.39, 0.29) is 17.3 Å². The second-order valence-corrected chi connectivity index (χ2v) is 4.26. The van der Waals surface area contributed by atoms with Gasteiger partial charge >= 0.3 is 12.0 Å². The average molecular weight is 284 g/mol. The summed E-state index contributed by atoms with van der Waals surface area (Å²) in [5.74, 6) is -1.96. The molecular weight excluding hydrogens is 275 g/mol. The molecule has 6 heteroatoms. The molecule has 0 saturated carbocycles. The molecule has 0 spiro atoms. The quantitative estimate of drug-likeness (QED) is 0.799. The third-order valence-corrected chi connectivity index (χ3v) is 2.84. The summed E-state index contributed by atoms with van der Waals surface area (Å²) in [4.78, 5) is 19.2. The third-order valence-electron chi connectivity index (χ3n) is 2.84. The lowest BCUT2D eigenvalue weighted by Crippen LogP contribution is -2.02. The number of hydrogen-bond acceptors (Lipinski definition) is 4. The number of fused-ring (bicyclic) bond motifs is 1. The number of carboxylic acids is 1. The predicted octanol–water partition coefficient (Wildman–Crippen LogP) is 3.26. The zero-order chi connectivity index (χ0) is 14.8. The Kier molecular flexibility index (Phi) is 3.19.